The molecule has 1 saturated heterocycles. The first-order valence-electron chi connectivity index (χ1n) is 14.1. The predicted molar refractivity (Wildman–Crippen MR) is 148 cm³/mol. The number of nitrogens with zero attached hydrogens (tertiary/aromatic N) is 4. The molecule has 0 spiro atoms. The fourth-order valence-corrected chi connectivity index (χ4v) is 6.14. The van der Waals surface area contributed by atoms with Gasteiger partial charge in [0.1, 0.15) is 5.65 Å². The Balaban J connectivity index is 1.38. The molecule has 1 saturated carbocycles. The molecule has 1 aliphatic heterocycles. The van der Waals surface area contributed by atoms with Crippen molar-refractivity contribution < 1.29 is 9.90 Å². The van der Waals surface area contributed by atoms with Crippen molar-refractivity contribution >= 4 is 22.9 Å². The van der Waals surface area contributed by atoms with Crippen molar-refractivity contribution in [3.8, 4) is 0 Å². The molecule has 2 fully saturated rings. The zero-order chi connectivity index (χ0) is 25.9. The van der Waals surface area contributed by atoms with E-state index < -0.39 is 0 Å². The van der Waals surface area contributed by atoms with E-state index in [4.69, 9.17) is 9.97 Å². The molecule has 7 nitrogen and oxygen atoms in total. The zero-order valence-corrected chi connectivity index (χ0v) is 22.5. The zero-order valence-electron chi connectivity index (χ0n) is 22.5. The molecule has 2 N–H and O–H groups in total. The summed E-state index contributed by atoms with van der Waals surface area (Å²) in [6.07, 6.45) is 11.8. The van der Waals surface area contributed by atoms with Crippen LogP contribution in [-0.2, 0) is 0 Å². The van der Waals surface area contributed by atoms with Crippen LogP contribution in [0, 0.1) is 6.92 Å². The van der Waals surface area contributed by atoms with Gasteiger partial charge in [-0.1, -0.05) is 31.0 Å². The summed E-state index contributed by atoms with van der Waals surface area (Å²) in [7, 11) is 0. The van der Waals surface area contributed by atoms with Gasteiger partial charge < -0.3 is 19.9 Å². The van der Waals surface area contributed by atoms with Crippen LogP contribution in [0.2, 0.25) is 0 Å². The summed E-state index contributed by atoms with van der Waals surface area (Å²) in [5.41, 5.74) is 4.19. The number of aromatic nitrogens is 3. The number of carbonyl (C=O) groups excluding carboxylic acids is 1. The van der Waals surface area contributed by atoms with Crippen LogP contribution in [0.15, 0.2) is 36.7 Å². The van der Waals surface area contributed by atoms with Gasteiger partial charge in [-0.2, -0.15) is 4.98 Å². The van der Waals surface area contributed by atoms with Gasteiger partial charge >= 0.3 is 0 Å². The topological polar surface area (TPSA) is 83.3 Å². The maximum atomic E-state index is 13.1. The van der Waals surface area contributed by atoms with E-state index in [0.717, 1.165) is 86.6 Å². The van der Waals surface area contributed by atoms with E-state index in [2.05, 4.69) is 29.9 Å². The number of carbonyl (C=O) groups is 1. The summed E-state index contributed by atoms with van der Waals surface area (Å²) in [6, 6.07) is 8.55. The number of likely N-dealkylation sites (tertiary alicyclic amines) is 1. The molecule has 1 aliphatic carbocycles. The lowest BCUT2D eigenvalue weighted by Gasteiger charge is -2.32. The van der Waals surface area contributed by atoms with Gasteiger partial charge in [-0.05, 0) is 82.4 Å². The van der Waals surface area contributed by atoms with Gasteiger partial charge in [0.25, 0.3) is 5.91 Å². The molecule has 198 valence electrons. The molecule has 1 aromatic carbocycles. The normalized spacial score (nSPS) is 21.8. The molecule has 1 amide bonds. The Hall–Kier alpha value is -2.93. The Morgan fingerprint density at radius 1 is 1.16 bits per heavy atom. The van der Waals surface area contributed by atoms with Crippen LogP contribution in [0.1, 0.15) is 98.7 Å². The number of aliphatic hydroxyl groups is 1. The number of hydrogen-bond donors (Lipinski definition) is 2. The lowest BCUT2D eigenvalue weighted by molar-refractivity contribution is 0.0713. The minimum absolute atomic E-state index is 0.130. The first kappa shape index (κ1) is 25.7. The molecule has 2 aliphatic rings. The Morgan fingerprint density at radius 3 is 2.62 bits per heavy atom. The van der Waals surface area contributed by atoms with Crippen molar-refractivity contribution in [1.82, 2.24) is 19.4 Å². The third-order valence-electron chi connectivity index (χ3n) is 8.25. The van der Waals surface area contributed by atoms with Crippen molar-refractivity contribution in [1.29, 1.82) is 0 Å². The predicted octanol–water partition coefficient (Wildman–Crippen LogP) is 5.84. The monoisotopic (exact) mass is 503 g/mol. The smallest absolute Gasteiger partial charge is 0.253 e. The Bertz CT molecular complexity index is 1220. The van der Waals surface area contributed by atoms with E-state index in [1.165, 1.54) is 5.56 Å². The van der Waals surface area contributed by atoms with E-state index in [1.807, 2.05) is 42.3 Å². The van der Waals surface area contributed by atoms with Crippen LogP contribution in [0.25, 0.3) is 11.0 Å². The second-order valence-corrected chi connectivity index (χ2v) is 11.2. The average molecular weight is 504 g/mol. The van der Waals surface area contributed by atoms with Crippen molar-refractivity contribution in [3.63, 3.8) is 0 Å². The number of aryl methyl sites for hydroxylation is 1. The number of anilines is 1. The van der Waals surface area contributed by atoms with Crippen molar-refractivity contribution in [2.24, 2.45) is 0 Å². The summed E-state index contributed by atoms with van der Waals surface area (Å²) in [4.78, 5) is 24.8. The molecule has 1 atom stereocenters. The van der Waals surface area contributed by atoms with Gasteiger partial charge in [-0.25, -0.2) is 4.98 Å². The van der Waals surface area contributed by atoms with Gasteiger partial charge in [0.05, 0.1) is 6.10 Å². The van der Waals surface area contributed by atoms with Crippen LogP contribution in [0.5, 0.6) is 0 Å². The van der Waals surface area contributed by atoms with E-state index in [1.54, 1.807) is 0 Å². The number of hydrogen-bond acceptors (Lipinski definition) is 5. The number of benzene rings is 1. The Morgan fingerprint density at radius 2 is 1.92 bits per heavy atom. The number of amides is 1. The second kappa shape index (κ2) is 11.2. The first-order chi connectivity index (χ1) is 17.9. The molecule has 5 rings (SSSR count). The Kier molecular flexibility index (Phi) is 7.79. The molecular formula is C30H41N5O2. The minimum atomic E-state index is -0.186. The molecule has 0 bridgehead atoms. The van der Waals surface area contributed by atoms with Crippen molar-refractivity contribution in [2.45, 2.75) is 96.2 Å². The molecule has 0 unspecified atom stereocenters. The van der Waals surface area contributed by atoms with E-state index in [0.29, 0.717) is 23.9 Å². The van der Waals surface area contributed by atoms with Gasteiger partial charge in [-0.15, -0.1) is 0 Å². The quantitative estimate of drug-likeness (QED) is 0.423. The minimum Gasteiger partial charge on any atom is -0.393 e. The summed E-state index contributed by atoms with van der Waals surface area (Å²) >= 11 is 0. The second-order valence-electron chi connectivity index (χ2n) is 11.2. The number of fused-ring (bicyclic) bond motifs is 1. The third kappa shape index (κ3) is 5.66. The molecule has 3 aromatic rings. The third-order valence-corrected chi connectivity index (χ3v) is 8.25. The van der Waals surface area contributed by atoms with Gasteiger partial charge in [0, 0.05) is 48.5 Å². The number of piperidine rings is 1. The van der Waals surface area contributed by atoms with E-state index in [9.17, 15) is 9.90 Å². The van der Waals surface area contributed by atoms with Gasteiger partial charge in [0.15, 0.2) is 0 Å². The highest BCUT2D eigenvalue weighted by Crippen LogP contribution is 2.38. The SMILES string of the molecule is CCC[C@H](C)Nc1ncc2c(C3CCN(C(=O)c4cccc(C)c4)CC3)cn(C3CCC(O)CC3)c2n1. The van der Waals surface area contributed by atoms with Crippen LogP contribution in [0.4, 0.5) is 5.95 Å². The summed E-state index contributed by atoms with van der Waals surface area (Å²) in [5.74, 6) is 1.19. The standard InChI is InChI=1S/C30H41N5O2/c1-4-6-21(3)32-30-31-18-26-27(19-35(28(26)33-30)24-9-11-25(36)12-10-24)22-13-15-34(16-14-22)29(37)23-8-5-7-20(2)17-23/h5,7-8,17-19,21-22,24-25,36H,4,6,9-16H2,1-3H3,(H,31,32,33)/t21-,24?,25?/m0/s1. The molecule has 3 heterocycles. The first-order valence-corrected chi connectivity index (χ1v) is 14.1. The summed E-state index contributed by atoms with van der Waals surface area (Å²) < 4.78 is 2.36. The number of rotatable bonds is 7. The van der Waals surface area contributed by atoms with Crippen LogP contribution < -0.4 is 5.32 Å². The fourth-order valence-electron chi connectivity index (χ4n) is 6.14. The molecule has 0 radical (unpaired) electrons. The highest BCUT2D eigenvalue weighted by molar-refractivity contribution is 5.94. The summed E-state index contributed by atoms with van der Waals surface area (Å²) in [6.45, 7) is 7.91. The van der Waals surface area contributed by atoms with Crippen LogP contribution >= 0.6 is 0 Å². The highest BCUT2D eigenvalue weighted by atomic mass is 16.3. The maximum Gasteiger partial charge on any atom is 0.253 e. The Labute approximate surface area is 220 Å². The maximum absolute atomic E-state index is 13.1. The van der Waals surface area contributed by atoms with Gasteiger partial charge in [-0.3, -0.25) is 4.79 Å². The lowest BCUT2D eigenvalue weighted by atomic mass is 9.89. The number of nitrogens with one attached hydrogen (secondary N) is 1. The van der Waals surface area contributed by atoms with Crippen LogP contribution in [0.3, 0.4) is 0 Å². The lowest BCUT2D eigenvalue weighted by Crippen LogP contribution is -2.37. The molecule has 7 heteroatoms. The van der Waals surface area contributed by atoms with Crippen LogP contribution in [-0.4, -0.2) is 55.7 Å². The van der Waals surface area contributed by atoms with Crippen molar-refractivity contribution in [3.05, 3.63) is 53.3 Å². The highest BCUT2D eigenvalue weighted by Gasteiger charge is 2.29. The largest absolute Gasteiger partial charge is 0.393 e. The summed E-state index contributed by atoms with van der Waals surface area (Å²) in [5, 5.41) is 14.7. The molecule has 37 heavy (non-hydrogen) atoms. The van der Waals surface area contributed by atoms with Gasteiger partial charge in [0.2, 0.25) is 5.95 Å². The molecule has 2 aromatic heterocycles. The number of aliphatic hydroxyl groups excluding tert-OH is 1. The fraction of sp³-hybridized carbons (Fsp3) is 0.567. The van der Waals surface area contributed by atoms with E-state index in [-0.39, 0.29) is 12.0 Å². The molecular weight excluding hydrogens is 462 g/mol. The van der Waals surface area contributed by atoms with Crippen molar-refractivity contribution in [2.75, 3.05) is 18.4 Å². The average Bonchev–Trinajstić information content (AvgIpc) is 3.28. The van der Waals surface area contributed by atoms with E-state index >= 15 is 0 Å².